The molecule has 0 saturated heterocycles. The van der Waals surface area contributed by atoms with Crippen molar-refractivity contribution in [1.82, 2.24) is 9.78 Å². The van der Waals surface area contributed by atoms with Crippen LogP contribution in [0.25, 0.3) is 0 Å². The lowest BCUT2D eigenvalue weighted by Crippen LogP contribution is -2.03. The number of rotatable bonds is 2. The van der Waals surface area contributed by atoms with Crippen LogP contribution in [-0.2, 0) is 6.54 Å². The fraction of sp³-hybridized carbons (Fsp3) is 0.500. The van der Waals surface area contributed by atoms with E-state index in [0.717, 1.165) is 17.4 Å². The summed E-state index contributed by atoms with van der Waals surface area (Å²) in [6.45, 7) is 2.98. The van der Waals surface area contributed by atoms with Crippen LogP contribution in [0.3, 0.4) is 0 Å². The van der Waals surface area contributed by atoms with E-state index in [4.69, 9.17) is 5.73 Å². The van der Waals surface area contributed by atoms with Gasteiger partial charge in [-0.15, -0.1) is 0 Å². The monoisotopic (exact) mass is 203 g/mol. The van der Waals surface area contributed by atoms with Crippen LogP contribution in [0.15, 0.2) is 10.7 Å². The third-order valence-electron chi connectivity index (χ3n) is 1.27. The van der Waals surface area contributed by atoms with Gasteiger partial charge >= 0.3 is 0 Å². The minimum absolute atomic E-state index is 0.710. The second-order valence-electron chi connectivity index (χ2n) is 2.10. The van der Waals surface area contributed by atoms with E-state index in [1.54, 1.807) is 10.9 Å². The number of hydrogen-bond acceptors (Lipinski definition) is 2. The number of nitrogens with zero attached hydrogens (tertiary/aromatic N) is 2. The van der Waals surface area contributed by atoms with Crippen molar-refractivity contribution in [3.05, 3.63) is 10.7 Å². The first kappa shape index (κ1) is 7.60. The molecule has 0 aliphatic carbocycles. The molecule has 1 aromatic heterocycles. The zero-order valence-electron chi connectivity index (χ0n) is 5.84. The van der Waals surface area contributed by atoms with Crippen molar-refractivity contribution in [1.29, 1.82) is 0 Å². The molecule has 0 fully saturated rings. The van der Waals surface area contributed by atoms with Crippen LogP contribution in [0.2, 0.25) is 0 Å². The Morgan fingerprint density at radius 2 is 2.50 bits per heavy atom. The maximum atomic E-state index is 5.64. The highest BCUT2D eigenvalue weighted by molar-refractivity contribution is 9.10. The molecule has 0 aliphatic heterocycles. The number of aromatic nitrogens is 2. The lowest BCUT2D eigenvalue weighted by molar-refractivity contribution is 0.611. The van der Waals surface area contributed by atoms with Crippen molar-refractivity contribution in [3.63, 3.8) is 0 Å². The summed E-state index contributed by atoms with van der Waals surface area (Å²) < 4.78 is 2.66. The number of anilines is 1. The number of nitrogen functional groups attached to an aromatic ring is 1. The van der Waals surface area contributed by atoms with Crippen molar-refractivity contribution >= 4 is 21.7 Å². The predicted molar refractivity (Wildman–Crippen MR) is 44.6 cm³/mol. The largest absolute Gasteiger partial charge is 0.383 e. The normalized spacial score (nSPS) is 10.2. The summed E-state index contributed by atoms with van der Waals surface area (Å²) in [5, 5.41) is 4.05. The molecule has 0 aliphatic rings. The molecule has 0 amide bonds. The average molecular weight is 204 g/mol. The minimum atomic E-state index is 0.710. The van der Waals surface area contributed by atoms with Gasteiger partial charge in [-0.3, -0.25) is 0 Å². The van der Waals surface area contributed by atoms with Crippen molar-refractivity contribution in [2.75, 3.05) is 5.73 Å². The Bertz CT molecular complexity index is 219. The lowest BCUT2D eigenvalue weighted by atomic mass is 10.5. The molecule has 4 heteroatoms. The molecule has 0 atom stereocenters. The van der Waals surface area contributed by atoms with E-state index in [0.29, 0.717) is 5.82 Å². The summed E-state index contributed by atoms with van der Waals surface area (Å²) in [7, 11) is 0. The van der Waals surface area contributed by atoms with E-state index >= 15 is 0 Å². The first-order chi connectivity index (χ1) is 4.75. The van der Waals surface area contributed by atoms with E-state index in [2.05, 4.69) is 28.0 Å². The van der Waals surface area contributed by atoms with Crippen LogP contribution < -0.4 is 5.73 Å². The SMILES string of the molecule is CCCn1ncc(Br)c1N. The Hall–Kier alpha value is -0.510. The Kier molecular flexibility index (Phi) is 2.32. The van der Waals surface area contributed by atoms with Gasteiger partial charge in [0.25, 0.3) is 0 Å². The maximum absolute atomic E-state index is 5.64. The molecule has 0 aromatic carbocycles. The van der Waals surface area contributed by atoms with E-state index in [9.17, 15) is 0 Å². The van der Waals surface area contributed by atoms with Gasteiger partial charge in [0.05, 0.1) is 10.7 Å². The number of hydrogen-bond donors (Lipinski definition) is 1. The molecule has 0 bridgehead atoms. The number of aryl methyl sites for hydroxylation is 1. The van der Waals surface area contributed by atoms with Crippen LogP contribution in [-0.4, -0.2) is 9.78 Å². The predicted octanol–water partition coefficient (Wildman–Crippen LogP) is 1.64. The molecule has 0 radical (unpaired) electrons. The van der Waals surface area contributed by atoms with Crippen LogP contribution in [0.4, 0.5) is 5.82 Å². The summed E-state index contributed by atoms with van der Waals surface area (Å²) in [6, 6.07) is 0. The van der Waals surface area contributed by atoms with Crippen LogP contribution >= 0.6 is 15.9 Å². The highest BCUT2D eigenvalue weighted by Crippen LogP contribution is 2.17. The molecule has 10 heavy (non-hydrogen) atoms. The fourth-order valence-corrected chi connectivity index (χ4v) is 1.06. The standard InChI is InChI=1S/C6H10BrN3/c1-2-3-10-6(8)5(7)4-9-10/h4H,2-3,8H2,1H3. The molecular weight excluding hydrogens is 194 g/mol. The van der Waals surface area contributed by atoms with Gasteiger partial charge in [0.15, 0.2) is 0 Å². The van der Waals surface area contributed by atoms with Crippen LogP contribution in [0, 0.1) is 0 Å². The lowest BCUT2D eigenvalue weighted by Gasteiger charge is -1.99. The van der Waals surface area contributed by atoms with Gasteiger partial charge in [0.2, 0.25) is 0 Å². The van der Waals surface area contributed by atoms with Gasteiger partial charge in [0, 0.05) is 6.54 Å². The quantitative estimate of drug-likeness (QED) is 0.795. The highest BCUT2D eigenvalue weighted by Gasteiger charge is 2.01. The van der Waals surface area contributed by atoms with Gasteiger partial charge in [-0.2, -0.15) is 5.10 Å². The number of nitrogens with two attached hydrogens (primary N) is 1. The second kappa shape index (κ2) is 3.05. The van der Waals surface area contributed by atoms with E-state index in [-0.39, 0.29) is 0 Å². The highest BCUT2D eigenvalue weighted by atomic mass is 79.9. The Balaban J connectivity index is 2.83. The summed E-state index contributed by atoms with van der Waals surface area (Å²) in [5.41, 5.74) is 5.64. The van der Waals surface area contributed by atoms with Crippen molar-refractivity contribution in [3.8, 4) is 0 Å². The van der Waals surface area contributed by atoms with Gasteiger partial charge < -0.3 is 5.73 Å². The first-order valence-electron chi connectivity index (χ1n) is 3.22. The zero-order chi connectivity index (χ0) is 7.56. The average Bonchev–Trinajstić information content (AvgIpc) is 2.20. The van der Waals surface area contributed by atoms with Crippen molar-refractivity contribution in [2.24, 2.45) is 0 Å². The summed E-state index contributed by atoms with van der Waals surface area (Å²) in [6.07, 6.45) is 2.77. The van der Waals surface area contributed by atoms with Gasteiger partial charge in [-0.1, -0.05) is 6.92 Å². The Morgan fingerprint density at radius 3 is 2.90 bits per heavy atom. The molecule has 3 nitrogen and oxygen atoms in total. The Morgan fingerprint density at radius 1 is 1.80 bits per heavy atom. The second-order valence-corrected chi connectivity index (χ2v) is 2.96. The summed E-state index contributed by atoms with van der Waals surface area (Å²) in [4.78, 5) is 0. The van der Waals surface area contributed by atoms with E-state index in [1.807, 2.05) is 0 Å². The third kappa shape index (κ3) is 1.31. The van der Waals surface area contributed by atoms with Gasteiger partial charge in [-0.25, -0.2) is 4.68 Å². The number of halogens is 1. The zero-order valence-corrected chi connectivity index (χ0v) is 7.43. The summed E-state index contributed by atoms with van der Waals surface area (Å²) in [5.74, 6) is 0.710. The molecule has 56 valence electrons. The van der Waals surface area contributed by atoms with Gasteiger partial charge in [-0.05, 0) is 22.4 Å². The molecule has 0 saturated carbocycles. The van der Waals surface area contributed by atoms with Crippen molar-refractivity contribution < 1.29 is 0 Å². The summed E-state index contributed by atoms with van der Waals surface area (Å²) >= 11 is 3.28. The Labute approximate surface area is 68.3 Å². The van der Waals surface area contributed by atoms with E-state index < -0.39 is 0 Å². The first-order valence-corrected chi connectivity index (χ1v) is 4.01. The molecule has 1 aromatic rings. The smallest absolute Gasteiger partial charge is 0.136 e. The van der Waals surface area contributed by atoms with Crippen molar-refractivity contribution in [2.45, 2.75) is 19.9 Å². The molecule has 1 rings (SSSR count). The van der Waals surface area contributed by atoms with Gasteiger partial charge in [0.1, 0.15) is 5.82 Å². The van der Waals surface area contributed by atoms with Crippen LogP contribution in [0.5, 0.6) is 0 Å². The molecule has 1 heterocycles. The molecule has 0 spiro atoms. The van der Waals surface area contributed by atoms with Crippen LogP contribution in [0.1, 0.15) is 13.3 Å². The third-order valence-corrected chi connectivity index (χ3v) is 1.88. The molecule has 0 unspecified atom stereocenters. The fourth-order valence-electron chi connectivity index (χ4n) is 0.762. The molecular formula is C6H10BrN3. The minimum Gasteiger partial charge on any atom is -0.383 e. The van der Waals surface area contributed by atoms with E-state index in [1.165, 1.54) is 0 Å². The molecule has 2 N–H and O–H groups in total. The maximum Gasteiger partial charge on any atom is 0.136 e. The topological polar surface area (TPSA) is 43.8 Å².